The second-order valence-electron chi connectivity index (χ2n) is 15.5. The molecule has 0 spiro atoms. The molecule has 3 aliphatic rings. The SMILES string of the molecule is CC1C=C(n2c3ccccc3c3cc4c(cc32)C(C)(C)C2C=CC=CC42C)N=CC1c1nc(-c2ccccc2)nc(-c2ccc3ccccc3c2)n1. The summed E-state index contributed by atoms with van der Waals surface area (Å²) >= 11 is 0. The molecule has 7 aromatic rings. The second kappa shape index (κ2) is 11.3. The van der Waals surface area contributed by atoms with Crippen LogP contribution < -0.4 is 0 Å². The zero-order valence-electron chi connectivity index (χ0n) is 29.8. The van der Waals surface area contributed by atoms with E-state index in [0.29, 0.717) is 17.6 Å². The molecule has 0 radical (unpaired) electrons. The maximum absolute atomic E-state index is 5.22. The highest BCUT2D eigenvalue weighted by atomic mass is 15.1. The Balaban J connectivity index is 1.09. The minimum absolute atomic E-state index is 0.0126. The van der Waals surface area contributed by atoms with Gasteiger partial charge in [0, 0.05) is 33.5 Å². The second-order valence-corrected chi connectivity index (χ2v) is 15.5. The number of para-hydroxylation sites is 1. The van der Waals surface area contributed by atoms with Crippen LogP contribution >= 0.6 is 0 Å². The highest BCUT2D eigenvalue weighted by Gasteiger charge is 2.52. The van der Waals surface area contributed by atoms with Gasteiger partial charge in [0.25, 0.3) is 0 Å². The van der Waals surface area contributed by atoms with Gasteiger partial charge >= 0.3 is 0 Å². The quantitative estimate of drug-likeness (QED) is 0.187. The molecule has 3 heterocycles. The van der Waals surface area contributed by atoms with E-state index in [4.69, 9.17) is 19.9 Å². The Morgan fingerprint density at radius 2 is 1.38 bits per heavy atom. The standard InChI is InChI=1S/C47H39N5/c1-29-24-42(52-39-19-11-10-18-34(39)35-26-38-37(27-40(35)52)46(2,3)41-20-12-13-23-47(38,41)4)48-28-36(29)45-50-43(31-15-6-5-7-16-31)49-44(51-45)33-22-21-30-14-8-9-17-32(30)25-33/h5-29,36,41H,1-4H3. The molecular weight excluding hydrogens is 635 g/mol. The van der Waals surface area contributed by atoms with E-state index in [9.17, 15) is 0 Å². The maximum atomic E-state index is 5.22. The molecule has 10 rings (SSSR count). The van der Waals surface area contributed by atoms with Gasteiger partial charge in [-0.05, 0) is 69.5 Å². The maximum Gasteiger partial charge on any atom is 0.163 e. The van der Waals surface area contributed by atoms with Crippen LogP contribution in [-0.2, 0) is 10.8 Å². The monoisotopic (exact) mass is 673 g/mol. The molecule has 4 unspecified atom stereocenters. The van der Waals surface area contributed by atoms with Crippen molar-refractivity contribution in [1.82, 2.24) is 19.5 Å². The predicted octanol–water partition coefficient (Wildman–Crippen LogP) is 11.1. The molecular formula is C47H39N5. The molecule has 5 aromatic carbocycles. The Bertz CT molecular complexity index is 2710. The van der Waals surface area contributed by atoms with Gasteiger partial charge in [0.1, 0.15) is 11.6 Å². The zero-order chi connectivity index (χ0) is 35.2. The van der Waals surface area contributed by atoms with Crippen LogP contribution in [0.15, 0.2) is 145 Å². The number of aromatic nitrogens is 4. The Kier molecular flexibility index (Phi) is 6.69. The molecule has 5 heteroatoms. The van der Waals surface area contributed by atoms with Gasteiger partial charge in [-0.15, -0.1) is 0 Å². The lowest BCUT2D eigenvalue weighted by Gasteiger charge is -2.36. The summed E-state index contributed by atoms with van der Waals surface area (Å²) in [5.41, 5.74) is 7.09. The Labute approximate surface area is 303 Å². The van der Waals surface area contributed by atoms with Crippen LogP contribution in [0.5, 0.6) is 0 Å². The van der Waals surface area contributed by atoms with Crippen LogP contribution in [0.25, 0.3) is 61.2 Å². The first kappa shape index (κ1) is 30.8. The summed E-state index contributed by atoms with van der Waals surface area (Å²) in [5.74, 6) is 3.36. The molecule has 252 valence electrons. The zero-order valence-corrected chi connectivity index (χ0v) is 29.8. The molecule has 2 aliphatic carbocycles. The molecule has 52 heavy (non-hydrogen) atoms. The van der Waals surface area contributed by atoms with Crippen LogP contribution in [-0.4, -0.2) is 25.7 Å². The molecule has 2 aromatic heterocycles. The third kappa shape index (κ3) is 4.55. The number of allylic oxidation sites excluding steroid dienone is 5. The lowest BCUT2D eigenvalue weighted by molar-refractivity contribution is 0.324. The van der Waals surface area contributed by atoms with Gasteiger partial charge in [-0.3, -0.25) is 4.57 Å². The number of hydrogen-bond donors (Lipinski definition) is 0. The first-order valence-corrected chi connectivity index (χ1v) is 18.3. The molecule has 5 nitrogen and oxygen atoms in total. The van der Waals surface area contributed by atoms with Crippen LogP contribution in [0.2, 0.25) is 0 Å². The van der Waals surface area contributed by atoms with Gasteiger partial charge in [-0.25, -0.2) is 19.9 Å². The van der Waals surface area contributed by atoms with E-state index in [2.05, 4.69) is 160 Å². The van der Waals surface area contributed by atoms with Crippen molar-refractivity contribution in [2.45, 2.75) is 44.4 Å². The first-order valence-electron chi connectivity index (χ1n) is 18.3. The Morgan fingerprint density at radius 3 is 2.21 bits per heavy atom. The molecule has 0 bridgehead atoms. The van der Waals surface area contributed by atoms with Crippen molar-refractivity contribution in [3.8, 4) is 22.8 Å². The smallest absolute Gasteiger partial charge is 0.163 e. The number of benzene rings is 5. The van der Waals surface area contributed by atoms with E-state index in [1.54, 1.807) is 0 Å². The van der Waals surface area contributed by atoms with E-state index in [1.165, 1.54) is 38.3 Å². The summed E-state index contributed by atoms with van der Waals surface area (Å²) < 4.78 is 2.36. The van der Waals surface area contributed by atoms with Crippen molar-refractivity contribution in [1.29, 1.82) is 0 Å². The fourth-order valence-electron chi connectivity index (χ4n) is 9.21. The fraction of sp³-hybridized carbons (Fsp3) is 0.191. The van der Waals surface area contributed by atoms with E-state index >= 15 is 0 Å². The van der Waals surface area contributed by atoms with E-state index < -0.39 is 0 Å². The largest absolute Gasteiger partial charge is 0.294 e. The number of hydrogen-bond acceptors (Lipinski definition) is 4. The van der Waals surface area contributed by atoms with E-state index in [-0.39, 0.29) is 22.7 Å². The van der Waals surface area contributed by atoms with Crippen molar-refractivity contribution < 1.29 is 0 Å². The van der Waals surface area contributed by atoms with Crippen molar-refractivity contribution in [2.75, 3.05) is 0 Å². The number of aliphatic imine (C=N–C) groups is 1. The molecule has 0 fully saturated rings. The highest BCUT2D eigenvalue weighted by molar-refractivity contribution is 6.11. The van der Waals surface area contributed by atoms with Crippen molar-refractivity contribution in [2.24, 2.45) is 16.8 Å². The van der Waals surface area contributed by atoms with Gasteiger partial charge in [0.2, 0.25) is 0 Å². The summed E-state index contributed by atoms with van der Waals surface area (Å²) in [6.07, 6.45) is 13.6. The number of nitrogens with zero attached hydrogens (tertiary/aromatic N) is 5. The minimum atomic E-state index is -0.119. The van der Waals surface area contributed by atoms with E-state index in [0.717, 1.165) is 28.2 Å². The summed E-state index contributed by atoms with van der Waals surface area (Å²) in [7, 11) is 0. The van der Waals surface area contributed by atoms with Crippen LogP contribution in [0.3, 0.4) is 0 Å². The fourth-order valence-corrected chi connectivity index (χ4v) is 9.21. The van der Waals surface area contributed by atoms with Crippen molar-refractivity contribution in [3.05, 3.63) is 157 Å². The van der Waals surface area contributed by atoms with Gasteiger partial charge in [-0.1, -0.05) is 137 Å². The average molecular weight is 674 g/mol. The van der Waals surface area contributed by atoms with Crippen molar-refractivity contribution in [3.63, 3.8) is 0 Å². The minimum Gasteiger partial charge on any atom is -0.294 e. The molecule has 4 atom stereocenters. The Morgan fingerprint density at radius 1 is 0.635 bits per heavy atom. The molecule has 1 aliphatic heterocycles. The predicted molar refractivity (Wildman–Crippen MR) is 214 cm³/mol. The van der Waals surface area contributed by atoms with Crippen LogP contribution in [0, 0.1) is 11.8 Å². The van der Waals surface area contributed by atoms with Gasteiger partial charge < -0.3 is 0 Å². The first-order chi connectivity index (χ1) is 25.3. The molecule has 0 N–H and O–H groups in total. The topological polar surface area (TPSA) is 56.0 Å². The third-order valence-corrected chi connectivity index (χ3v) is 11.9. The van der Waals surface area contributed by atoms with Gasteiger partial charge in [0.15, 0.2) is 11.6 Å². The summed E-state index contributed by atoms with van der Waals surface area (Å²) in [4.78, 5) is 20.4. The summed E-state index contributed by atoms with van der Waals surface area (Å²) in [6.45, 7) is 9.46. The molecule has 0 saturated carbocycles. The molecule has 0 saturated heterocycles. The number of fused-ring (bicyclic) bond motifs is 7. The lowest BCUT2D eigenvalue weighted by atomic mass is 9.67. The van der Waals surface area contributed by atoms with Crippen molar-refractivity contribution >= 4 is 44.6 Å². The van der Waals surface area contributed by atoms with Gasteiger partial charge in [-0.2, -0.15) is 0 Å². The number of rotatable bonds is 4. The summed E-state index contributed by atoms with van der Waals surface area (Å²) in [5, 5.41) is 4.86. The van der Waals surface area contributed by atoms with Crippen LogP contribution in [0.1, 0.15) is 50.6 Å². The normalized spacial score (nSPS) is 22.9. The van der Waals surface area contributed by atoms with Crippen LogP contribution in [0.4, 0.5) is 0 Å². The van der Waals surface area contributed by atoms with E-state index in [1.807, 2.05) is 18.2 Å². The Hall–Kier alpha value is -5.94. The average Bonchev–Trinajstić information content (AvgIpc) is 3.59. The molecule has 0 amide bonds. The highest BCUT2D eigenvalue weighted by Crippen LogP contribution is 2.57. The lowest BCUT2D eigenvalue weighted by Crippen LogP contribution is -2.34. The van der Waals surface area contributed by atoms with Gasteiger partial charge in [0.05, 0.1) is 17.0 Å². The third-order valence-electron chi connectivity index (χ3n) is 11.9. The summed E-state index contributed by atoms with van der Waals surface area (Å²) in [6, 6.07) is 38.7.